The van der Waals surface area contributed by atoms with E-state index in [-0.39, 0.29) is 33.2 Å². The summed E-state index contributed by atoms with van der Waals surface area (Å²) in [6, 6.07) is 8.06. The van der Waals surface area contributed by atoms with Gasteiger partial charge in [0.2, 0.25) is 0 Å². The van der Waals surface area contributed by atoms with Crippen molar-refractivity contribution in [1.82, 2.24) is 0 Å². The van der Waals surface area contributed by atoms with Crippen LogP contribution in [0, 0.1) is 0 Å². The van der Waals surface area contributed by atoms with Gasteiger partial charge < -0.3 is 23.6 Å². The summed E-state index contributed by atoms with van der Waals surface area (Å²) in [5.74, 6) is 1.49. The molecule has 5 nitrogen and oxygen atoms in total. The van der Waals surface area contributed by atoms with Gasteiger partial charge in [0.1, 0.15) is 11.5 Å². The van der Waals surface area contributed by atoms with E-state index in [1.807, 2.05) is 39.0 Å². The molecule has 41 heavy (non-hydrogen) atoms. The summed E-state index contributed by atoms with van der Waals surface area (Å²) < 4.78 is 19.6. The van der Waals surface area contributed by atoms with Crippen molar-refractivity contribution in [2.24, 2.45) is 0 Å². The van der Waals surface area contributed by atoms with Crippen molar-refractivity contribution in [1.29, 1.82) is 0 Å². The first kappa shape index (κ1) is 34.9. The summed E-state index contributed by atoms with van der Waals surface area (Å²) in [5.41, 5.74) is 3.39. The van der Waals surface area contributed by atoms with Crippen LogP contribution in [0.15, 0.2) is 24.3 Å². The zero-order valence-corrected chi connectivity index (χ0v) is 29.1. The van der Waals surface area contributed by atoms with Gasteiger partial charge in [-0.1, -0.05) is 101 Å². The molecule has 0 aromatic heterocycles. The van der Waals surface area contributed by atoms with E-state index in [4.69, 9.17) is 14.0 Å². The van der Waals surface area contributed by atoms with Gasteiger partial charge in [-0.2, -0.15) is 0 Å². The summed E-state index contributed by atoms with van der Waals surface area (Å²) in [6.07, 6.45) is 0. The second-order valence-electron chi connectivity index (χ2n) is 15.9. The second kappa shape index (κ2) is 12.1. The third kappa shape index (κ3) is 8.59. The molecule has 0 saturated carbocycles. The number of quaternary nitrogens is 1. The Kier molecular flexibility index (Phi) is 10.3. The monoisotopic (exact) mass is 567 g/mol. The SMILES string of the molecule is CC(C)(C)c1cc(OB2Oc3cc(C(C)(C)C)cc(C(C)(C)C)c3O2)c([O-])c(C(C)(C)C)c1.CC[N+](C)(CC)CC. The van der Waals surface area contributed by atoms with Crippen LogP contribution in [0.5, 0.6) is 23.0 Å². The highest BCUT2D eigenvalue weighted by atomic mass is 16.8. The first-order chi connectivity index (χ1) is 18.5. The Balaban J connectivity index is 0.000000642. The highest BCUT2D eigenvalue weighted by molar-refractivity contribution is 6.41. The Morgan fingerprint density at radius 3 is 1.49 bits per heavy atom. The smallest absolute Gasteiger partial charge is 0.864 e. The Labute approximate surface area is 252 Å². The van der Waals surface area contributed by atoms with Crippen molar-refractivity contribution in [3.05, 3.63) is 46.5 Å². The number of hydrogen-bond donors (Lipinski definition) is 0. The fourth-order valence-electron chi connectivity index (χ4n) is 4.53. The lowest BCUT2D eigenvalue weighted by Gasteiger charge is -2.31. The van der Waals surface area contributed by atoms with E-state index in [1.165, 1.54) is 29.7 Å². The molecule has 0 unspecified atom stereocenters. The van der Waals surface area contributed by atoms with Gasteiger partial charge in [0.25, 0.3) is 0 Å². The van der Waals surface area contributed by atoms with E-state index in [0.717, 1.165) is 16.7 Å². The first-order valence-electron chi connectivity index (χ1n) is 15.4. The van der Waals surface area contributed by atoms with Crippen molar-refractivity contribution in [2.75, 3.05) is 26.7 Å². The summed E-state index contributed by atoms with van der Waals surface area (Å²) >= 11 is 0. The molecule has 1 aliphatic rings. The number of rotatable bonds is 5. The predicted octanol–water partition coefficient (Wildman–Crippen LogP) is 8.28. The number of hydrogen-bond acceptors (Lipinski definition) is 4. The van der Waals surface area contributed by atoms with Crippen molar-refractivity contribution in [3.63, 3.8) is 0 Å². The highest BCUT2D eigenvalue weighted by Crippen LogP contribution is 2.46. The van der Waals surface area contributed by atoms with Crippen LogP contribution in [-0.4, -0.2) is 38.5 Å². The van der Waals surface area contributed by atoms with Gasteiger partial charge in [-0.15, -0.1) is 0 Å². The van der Waals surface area contributed by atoms with Crippen molar-refractivity contribution in [2.45, 2.75) is 126 Å². The molecule has 230 valence electrons. The Morgan fingerprint density at radius 2 is 1.10 bits per heavy atom. The van der Waals surface area contributed by atoms with E-state index in [9.17, 15) is 5.11 Å². The van der Waals surface area contributed by atoms with Gasteiger partial charge in [0, 0.05) is 5.56 Å². The first-order valence-corrected chi connectivity index (χ1v) is 15.4. The van der Waals surface area contributed by atoms with Gasteiger partial charge in [-0.25, -0.2) is 0 Å². The summed E-state index contributed by atoms with van der Waals surface area (Å²) in [6.45, 7) is 36.0. The fraction of sp³-hybridized carbons (Fsp3) is 0.657. The van der Waals surface area contributed by atoms with Gasteiger partial charge in [0.05, 0.1) is 32.4 Å². The van der Waals surface area contributed by atoms with Gasteiger partial charge in [-0.3, -0.25) is 0 Å². The Hall–Kier alpha value is -2.34. The van der Waals surface area contributed by atoms with Crippen molar-refractivity contribution >= 4 is 7.32 Å². The molecular weight excluding hydrogens is 509 g/mol. The van der Waals surface area contributed by atoms with E-state index < -0.39 is 7.32 Å². The molecule has 1 aliphatic heterocycles. The average Bonchev–Trinajstić information content (AvgIpc) is 3.24. The Bertz CT molecular complexity index is 1180. The molecule has 0 N–H and O–H groups in total. The highest BCUT2D eigenvalue weighted by Gasteiger charge is 2.42. The second-order valence-corrected chi connectivity index (χ2v) is 15.9. The van der Waals surface area contributed by atoms with Gasteiger partial charge in [-0.05, 0) is 71.3 Å². The maximum absolute atomic E-state index is 13.3. The normalized spacial score (nSPS) is 14.1. The molecule has 0 amide bonds. The molecule has 0 spiro atoms. The fourth-order valence-corrected chi connectivity index (χ4v) is 4.53. The molecule has 1 heterocycles. The summed E-state index contributed by atoms with van der Waals surface area (Å²) in [5, 5.41) is 13.3. The molecule has 0 bridgehead atoms. The van der Waals surface area contributed by atoms with Crippen LogP contribution in [0.4, 0.5) is 0 Å². The molecular formula is C35H58BNO4. The van der Waals surface area contributed by atoms with Gasteiger partial charge >= 0.3 is 7.32 Å². The standard InChI is InChI=1S/C28H41BO4.C7H18N/c1-25(2,3)17-13-19(27(7,8)9)23(30)21(15-17)31-29-32-22-16-18(26(4,5)6)14-20(24(22)33-29)28(10,11)12;1-5-8(4,6-2)7-3/h13-16,30H,1-12H3;5-7H2,1-4H3/q;+1/p-1. The molecule has 0 atom stereocenters. The zero-order chi connectivity index (χ0) is 31.8. The maximum atomic E-state index is 13.3. The predicted molar refractivity (Wildman–Crippen MR) is 173 cm³/mol. The van der Waals surface area contributed by atoms with Crippen LogP contribution in [0.3, 0.4) is 0 Å². The lowest BCUT2D eigenvalue weighted by molar-refractivity contribution is -0.904. The quantitative estimate of drug-likeness (QED) is 0.270. The number of benzene rings is 2. The summed E-state index contributed by atoms with van der Waals surface area (Å²) in [4.78, 5) is 0. The van der Waals surface area contributed by atoms with Crippen LogP contribution >= 0.6 is 0 Å². The molecule has 0 fully saturated rings. The average molecular weight is 568 g/mol. The van der Waals surface area contributed by atoms with Crippen LogP contribution in [0.1, 0.15) is 126 Å². The molecule has 2 aromatic carbocycles. The van der Waals surface area contributed by atoms with E-state index >= 15 is 0 Å². The molecule has 0 aliphatic carbocycles. The maximum Gasteiger partial charge on any atom is 0.864 e. The minimum absolute atomic E-state index is 0.0395. The summed E-state index contributed by atoms with van der Waals surface area (Å²) in [7, 11) is 1.28. The van der Waals surface area contributed by atoms with Crippen LogP contribution in [0.2, 0.25) is 0 Å². The largest absolute Gasteiger partial charge is 0.870 e. The Morgan fingerprint density at radius 1 is 0.659 bits per heavy atom. The minimum Gasteiger partial charge on any atom is -0.870 e. The topological polar surface area (TPSA) is 50.8 Å². The van der Waals surface area contributed by atoms with E-state index in [2.05, 4.69) is 96.2 Å². The van der Waals surface area contributed by atoms with Crippen LogP contribution in [-0.2, 0) is 21.7 Å². The molecule has 0 saturated heterocycles. The third-order valence-electron chi connectivity index (χ3n) is 8.41. The van der Waals surface area contributed by atoms with E-state index in [0.29, 0.717) is 11.5 Å². The van der Waals surface area contributed by atoms with Crippen molar-refractivity contribution in [3.8, 4) is 23.0 Å². The zero-order valence-electron chi connectivity index (χ0n) is 29.1. The minimum atomic E-state index is -1.01. The van der Waals surface area contributed by atoms with Crippen LogP contribution < -0.4 is 19.1 Å². The van der Waals surface area contributed by atoms with Gasteiger partial charge in [0.15, 0.2) is 0 Å². The third-order valence-corrected chi connectivity index (χ3v) is 8.41. The lowest BCUT2D eigenvalue weighted by atomic mass is 9.80. The van der Waals surface area contributed by atoms with Crippen molar-refractivity contribution < 1.29 is 23.6 Å². The lowest BCUT2D eigenvalue weighted by Crippen LogP contribution is -2.42. The van der Waals surface area contributed by atoms with E-state index in [1.54, 1.807) is 0 Å². The number of nitrogens with zero attached hydrogens (tertiary/aromatic N) is 1. The molecule has 6 heteroatoms. The van der Waals surface area contributed by atoms with Crippen LogP contribution in [0.25, 0.3) is 0 Å². The molecule has 2 aromatic rings. The molecule has 0 radical (unpaired) electrons. The number of fused-ring (bicyclic) bond motifs is 1. The molecule has 3 rings (SSSR count).